The summed E-state index contributed by atoms with van der Waals surface area (Å²) < 4.78 is 5.02. The molecular weight excluding hydrogens is 288 g/mol. The Hall–Kier alpha value is -1.92. The fourth-order valence-corrected chi connectivity index (χ4v) is 3.03. The van der Waals surface area contributed by atoms with Crippen LogP contribution in [0.15, 0.2) is 18.2 Å². The van der Waals surface area contributed by atoms with Crippen LogP contribution in [0.5, 0.6) is 0 Å². The average Bonchev–Trinajstić information content (AvgIpc) is 2.81. The van der Waals surface area contributed by atoms with Crippen molar-refractivity contribution in [1.29, 1.82) is 0 Å². The third-order valence-electron chi connectivity index (χ3n) is 3.04. The summed E-state index contributed by atoms with van der Waals surface area (Å²) in [6.45, 7) is 4.26. The van der Waals surface area contributed by atoms with Gasteiger partial charge in [0.1, 0.15) is 4.88 Å². The van der Waals surface area contributed by atoms with Crippen LogP contribution >= 0.6 is 11.3 Å². The number of ether oxygens (including phenoxy) is 1. The third kappa shape index (κ3) is 3.40. The molecule has 2 aromatic rings. The molecule has 2 rings (SSSR count). The van der Waals surface area contributed by atoms with Crippen LogP contribution in [0.3, 0.4) is 0 Å². The number of anilines is 2. The molecule has 112 valence electrons. The van der Waals surface area contributed by atoms with Gasteiger partial charge in [0.15, 0.2) is 5.13 Å². The first-order valence-corrected chi connectivity index (χ1v) is 7.28. The number of nitrogens with zero attached hydrogens (tertiary/aromatic N) is 2. The zero-order chi connectivity index (χ0) is 15.6. The quantitative estimate of drug-likeness (QED) is 0.917. The molecule has 0 aliphatic heterocycles. The molecule has 1 aromatic carbocycles. The molecule has 0 radical (unpaired) electrons. The Morgan fingerprint density at radius 2 is 1.95 bits per heavy atom. The molecule has 0 unspecified atom stereocenters. The smallest absolute Gasteiger partial charge is 0.347 e. The lowest BCUT2D eigenvalue weighted by Crippen LogP contribution is -2.09. The predicted molar refractivity (Wildman–Crippen MR) is 83.8 cm³/mol. The van der Waals surface area contributed by atoms with Gasteiger partial charge in [-0.15, -0.1) is 0 Å². The maximum Gasteiger partial charge on any atom is 0.347 e. The predicted octanol–water partition coefficient (Wildman–Crippen LogP) is 3.37. The van der Waals surface area contributed by atoms with Crippen molar-refractivity contribution in [3.8, 4) is 0 Å². The molecule has 21 heavy (non-hydrogen) atoms. The number of carboxylic acid groups (broad SMARTS) is 1. The second kappa shape index (κ2) is 6.24. The summed E-state index contributed by atoms with van der Waals surface area (Å²) in [6.07, 6.45) is 0. The minimum atomic E-state index is -0.973. The van der Waals surface area contributed by atoms with Gasteiger partial charge in [-0.2, -0.15) is 0 Å². The van der Waals surface area contributed by atoms with Gasteiger partial charge in [0, 0.05) is 19.8 Å². The van der Waals surface area contributed by atoms with Crippen LogP contribution in [0, 0.1) is 13.8 Å². The molecule has 1 heterocycles. The van der Waals surface area contributed by atoms with Gasteiger partial charge in [-0.25, -0.2) is 9.78 Å². The fourth-order valence-electron chi connectivity index (χ4n) is 2.14. The van der Waals surface area contributed by atoms with Gasteiger partial charge in [-0.05, 0) is 37.1 Å². The number of aromatic carboxylic acids is 1. The van der Waals surface area contributed by atoms with Crippen molar-refractivity contribution < 1.29 is 14.6 Å². The molecule has 6 heteroatoms. The molecule has 5 nitrogen and oxygen atoms in total. The molecule has 0 spiro atoms. The van der Waals surface area contributed by atoms with E-state index in [1.54, 1.807) is 0 Å². The highest BCUT2D eigenvalue weighted by atomic mass is 32.1. The summed E-state index contributed by atoms with van der Waals surface area (Å²) >= 11 is 1.16. The van der Waals surface area contributed by atoms with Crippen molar-refractivity contribution in [3.05, 3.63) is 39.9 Å². The Labute approximate surface area is 127 Å². The lowest BCUT2D eigenvalue weighted by molar-refractivity contribution is 0.0697. The Morgan fingerprint density at radius 1 is 1.33 bits per heavy atom. The van der Waals surface area contributed by atoms with Crippen molar-refractivity contribution in [1.82, 2.24) is 4.98 Å². The van der Waals surface area contributed by atoms with Gasteiger partial charge in [0.25, 0.3) is 0 Å². The van der Waals surface area contributed by atoms with Gasteiger partial charge in [-0.3, -0.25) is 0 Å². The topological polar surface area (TPSA) is 62.7 Å². The molecule has 1 N–H and O–H groups in total. The zero-order valence-electron chi connectivity index (χ0n) is 12.5. The minimum Gasteiger partial charge on any atom is -0.477 e. The lowest BCUT2D eigenvalue weighted by atomic mass is 10.1. The van der Waals surface area contributed by atoms with Gasteiger partial charge in [0.05, 0.1) is 12.3 Å². The van der Waals surface area contributed by atoms with Gasteiger partial charge >= 0.3 is 5.97 Å². The minimum absolute atomic E-state index is 0.193. The summed E-state index contributed by atoms with van der Waals surface area (Å²) in [5.41, 5.74) is 3.76. The molecule has 0 saturated heterocycles. The van der Waals surface area contributed by atoms with Gasteiger partial charge < -0.3 is 14.7 Å². The molecule has 0 aliphatic rings. The standard InChI is InChI=1S/C15H18N2O3S/c1-9-5-10(2)7-11(6-9)17(3)15-16-12(8-20-4)13(21-15)14(18)19/h5-7H,8H2,1-4H3,(H,18,19). The van der Waals surface area contributed by atoms with E-state index in [0.717, 1.165) is 28.2 Å². The van der Waals surface area contributed by atoms with E-state index in [2.05, 4.69) is 11.1 Å². The molecule has 0 atom stereocenters. The van der Waals surface area contributed by atoms with E-state index in [9.17, 15) is 9.90 Å². The van der Waals surface area contributed by atoms with Crippen LogP contribution in [0.4, 0.5) is 10.8 Å². The van der Waals surface area contributed by atoms with Crippen LogP contribution in [-0.2, 0) is 11.3 Å². The van der Waals surface area contributed by atoms with E-state index in [4.69, 9.17) is 4.74 Å². The summed E-state index contributed by atoms with van der Waals surface area (Å²) in [7, 11) is 3.41. The second-order valence-electron chi connectivity index (χ2n) is 4.92. The number of rotatable bonds is 5. The number of aromatic nitrogens is 1. The Kier molecular flexibility index (Phi) is 4.59. The first-order chi connectivity index (χ1) is 9.92. The molecule has 0 bridgehead atoms. The summed E-state index contributed by atoms with van der Waals surface area (Å²) in [6, 6.07) is 6.19. The highest BCUT2D eigenvalue weighted by Gasteiger charge is 2.20. The maximum absolute atomic E-state index is 11.3. The molecule has 0 amide bonds. The number of hydrogen-bond donors (Lipinski definition) is 1. The molecule has 0 fully saturated rings. The first kappa shape index (κ1) is 15.5. The number of aryl methyl sites for hydroxylation is 2. The van der Waals surface area contributed by atoms with Crippen LogP contribution in [-0.4, -0.2) is 30.2 Å². The normalized spacial score (nSPS) is 10.7. The van der Waals surface area contributed by atoms with E-state index < -0.39 is 5.97 Å². The highest BCUT2D eigenvalue weighted by Crippen LogP contribution is 2.31. The Balaban J connectivity index is 2.40. The summed E-state index contributed by atoms with van der Waals surface area (Å²) in [5, 5.41) is 9.89. The summed E-state index contributed by atoms with van der Waals surface area (Å²) in [4.78, 5) is 17.8. The number of carboxylic acids is 1. The van der Waals surface area contributed by atoms with Crippen LogP contribution in [0.25, 0.3) is 0 Å². The van der Waals surface area contributed by atoms with Crippen molar-refractivity contribution in [2.75, 3.05) is 19.1 Å². The zero-order valence-corrected chi connectivity index (χ0v) is 13.3. The largest absolute Gasteiger partial charge is 0.477 e. The average molecular weight is 306 g/mol. The number of carbonyl (C=O) groups is 1. The van der Waals surface area contributed by atoms with E-state index in [-0.39, 0.29) is 11.5 Å². The van der Waals surface area contributed by atoms with E-state index in [1.165, 1.54) is 7.11 Å². The van der Waals surface area contributed by atoms with Crippen LogP contribution in [0.2, 0.25) is 0 Å². The lowest BCUT2D eigenvalue weighted by Gasteiger charge is -2.17. The van der Waals surface area contributed by atoms with Crippen LogP contribution < -0.4 is 4.90 Å². The molecular formula is C15H18N2O3S. The molecule has 0 saturated carbocycles. The molecule has 1 aromatic heterocycles. The van der Waals surface area contributed by atoms with Gasteiger partial charge in [-0.1, -0.05) is 17.4 Å². The SMILES string of the molecule is COCc1nc(N(C)c2cc(C)cc(C)c2)sc1C(=O)O. The van der Waals surface area contributed by atoms with Crippen molar-refractivity contribution in [3.63, 3.8) is 0 Å². The van der Waals surface area contributed by atoms with Crippen molar-refractivity contribution in [2.24, 2.45) is 0 Å². The number of hydrogen-bond acceptors (Lipinski definition) is 5. The summed E-state index contributed by atoms with van der Waals surface area (Å²) in [5.74, 6) is -0.973. The second-order valence-corrected chi connectivity index (χ2v) is 5.89. The highest BCUT2D eigenvalue weighted by molar-refractivity contribution is 7.17. The van der Waals surface area contributed by atoms with Crippen LogP contribution in [0.1, 0.15) is 26.5 Å². The van der Waals surface area contributed by atoms with E-state index in [0.29, 0.717) is 10.8 Å². The Morgan fingerprint density at radius 3 is 2.48 bits per heavy atom. The van der Waals surface area contributed by atoms with Crippen molar-refractivity contribution >= 4 is 28.1 Å². The number of methoxy groups -OCH3 is 1. The maximum atomic E-state index is 11.3. The van der Waals surface area contributed by atoms with Gasteiger partial charge in [0.2, 0.25) is 0 Å². The number of benzene rings is 1. The van der Waals surface area contributed by atoms with E-state index in [1.807, 2.05) is 37.9 Å². The number of thiazole rings is 1. The first-order valence-electron chi connectivity index (χ1n) is 6.46. The van der Waals surface area contributed by atoms with Crippen molar-refractivity contribution in [2.45, 2.75) is 20.5 Å². The molecule has 0 aliphatic carbocycles. The monoisotopic (exact) mass is 306 g/mol. The third-order valence-corrected chi connectivity index (χ3v) is 4.20. The Bertz CT molecular complexity index is 647. The van der Waals surface area contributed by atoms with E-state index >= 15 is 0 Å². The fraction of sp³-hybridized carbons (Fsp3) is 0.333.